The van der Waals surface area contributed by atoms with E-state index in [9.17, 15) is 30.6 Å². The molecule has 0 bridgehead atoms. The smallest absolute Gasteiger partial charge is 0.373 e. The van der Waals surface area contributed by atoms with Gasteiger partial charge in [-0.05, 0) is 104 Å². The first-order valence-corrected chi connectivity index (χ1v) is 15.4. The minimum Gasteiger partial charge on any atom is -0.387 e. The molecule has 0 spiro atoms. The first kappa shape index (κ1) is 36.7. The third-order valence-corrected chi connectivity index (χ3v) is 11.5. The second-order valence-electron chi connectivity index (χ2n) is 13.8. The summed E-state index contributed by atoms with van der Waals surface area (Å²) in [6.45, 7) is 29.9. The normalized spacial score (nSPS) is 33.5. The van der Waals surface area contributed by atoms with E-state index < -0.39 is 35.5 Å². The van der Waals surface area contributed by atoms with E-state index in [1.54, 1.807) is 0 Å². The number of hydrogen-bond donors (Lipinski definition) is 6. The molecule has 0 amide bonds. The molecule has 1 saturated carbocycles. The molecular weight excluding hydrogens is 498 g/mol. The fourth-order valence-electron chi connectivity index (χ4n) is 10.0. The fraction of sp³-hybridized carbons (Fsp3) is 1.00. The summed E-state index contributed by atoms with van der Waals surface area (Å²) in [5.41, 5.74) is -7.54. The third kappa shape index (κ3) is 3.98. The summed E-state index contributed by atoms with van der Waals surface area (Å²) < 4.78 is -0.605. The van der Waals surface area contributed by atoms with Crippen molar-refractivity contribution in [3.05, 3.63) is 0 Å². The van der Waals surface area contributed by atoms with Crippen LogP contribution in [0.2, 0.25) is 0 Å². The fourth-order valence-corrected chi connectivity index (χ4v) is 10.0. The van der Waals surface area contributed by atoms with Crippen LogP contribution in [-0.2, 0) is 0 Å². The summed E-state index contributed by atoms with van der Waals surface area (Å²) in [6.07, 6.45) is -5.83. The highest BCUT2D eigenvalue weighted by Crippen LogP contribution is 2.60. The van der Waals surface area contributed by atoms with Crippen molar-refractivity contribution in [2.24, 2.45) is 0 Å². The van der Waals surface area contributed by atoms with Crippen LogP contribution in [-0.4, -0.2) is 135 Å². The minimum absolute atomic E-state index is 0.198. The highest BCUT2D eigenvalue weighted by atomic mass is 16.5. The summed E-state index contributed by atoms with van der Waals surface area (Å²) >= 11 is 0. The molecule has 0 aliphatic heterocycles. The average Bonchev–Trinajstić information content (AvgIpc) is 2.81. The van der Waals surface area contributed by atoms with Gasteiger partial charge >= 0.3 is 17.2 Å². The molecule has 0 saturated heterocycles. The summed E-state index contributed by atoms with van der Waals surface area (Å²) in [5.74, 6) is 0. The van der Waals surface area contributed by atoms with E-state index in [1.165, 1.54) is 0 Å². The van der Waals surface area contributed by atoms with Gasteiger partial charge in [-0.1, -0.05) is 0 Å². The van der Waals surface area contributed by atoms with Gasteiger partial charge in [-0.3, -0.25) is 13.4 Å². The predicted molar refractivity (Wildman–Crippen MR) is 156 cm³/mol. The molecule has 1 rings (SSSR count). The molecule has 1 fully saturated rings. The Bertz CT molecular complexity index is 745. The first-order chi connectivity index (χ1) is 17.6. The molecule has 39 heavy (non-hydrogen) atoms. The number of quaternary nitrogens is 3. The van der Waals surface area contributed by atoms with E-state index in [2.05, 4.69) is 0 Å². The lowest BCUT2D eigenvalue weighted by Crippen LogP contribution is -3.03. The summed E-state index contributed by atoms with van der Waals surface area (Å²) in [7, 11) is 0. The number of aliphatic hydroxyl groups excluding tert-OH is 3. The van der Waals surface area contributed by atoms with E-state index >= 15 is 0 Å². The third-order valence-electron chi connectivity index (χ3n) is 11.5. The highest BCUT2D eigenvalue weighted by molar-refractivity contribution is 5.16. The monoisotopic (exact) mass is 564 g/mol. The molecule has 0 aromatic heterocycles. The Labute approximate surface area is 239 Å². The van der Waals surface area contributed by atoms with Crippen LogP contribution in [0.1, 0.15) is 104 Å². The lowest BCUT2D eigenvalue weighted by Gasteiger charge is -2.73. The first-order valence-electron chi connectivity index (χ1n) is 15.4. The van der Waals surface area contributed by atoms with E-state index in [4.69, 9.17) is 0 Å². The molecule has 6 atom stereocenters. The summed E-state index contributed by atoms with van der Waals surface area (Å²) in [6, 6.07) is -1.99. The predicted octanol–water partition coefficient (Wildman–Crippen LogP) is 2.11. The van der Waals surface area contributed by atoms with Crippen LogP contribution in [0.4, 0.5) is 0 Å². The topological polar surface area (TPSA) is 121 Å². The molecule has 0 aromatic rings. The molecule has 0 heterocycles. The van der Waals surface area contributed by atoms with Crippen LogP contribution < -0.4 is 0 Å². The van der Waals surface area contributed by atoms with Gasteiger partial charge in [0.2, 0.25) is 0 Å². The standard InChI is InChI=1S/C30H66N3O6/c1-16-31(19(4)5,20(6)7)28(37)26(35)25(34)27(36)29(38,32(17-2,21(8)9)22(10)11)30(28,39)33(18-3,23(12)13)24(14)15/h19-27,34-39H,16-18H2,1-15H3/q+3/t25?,26-,27+,28-,29-,30?/m0/s1. The molecule has 1 aliphatic rings. The van der Waals surface area contributed by atoms with Crippen LogP contribution in [0.5, 0.6) is 0 Å². The van der Waals surface area contributed by atoms with Crippen LogP contribution in [0.3, 0.4) is 0 Å². The lowest BCUT2D eigenvalue weighted by atomic mass is 9.63. The molecule has 0 aromatic carbocycles. The molecule has 9 heteroatoms. The van der Waals surface area contributed by atoms with Crippen molar-refractivity contribution in [1.29, 1.82) is 0 Å². The van der Waals surface area contributed by atoms with E-state index in [0.717, 1.165) is 0 Å². The number of aliphatic hydroxyl groups is 6. The van der Waals surface area contributed by atoms with Crippen molar-refractivity contribution in [3.63, 3.8) is 0 Å². The molecule has 2 unspecified atom stereocenters. The van der Waals surface area contributed by atoms with Gasteiger partial charge in [-0.25, -0.2) is 0 Å². The van der Waals surface area contributed by atoms with Gasteiger partial charge < -0.3 is 30.6 Å². The maximum atomic E-state index is 14.0. The number of nitrogens with zero attached hydrogens (tertiary/aromatic N) is 3. The Hall–Kier alpha value is -0.360. The van der Waals surface area contributed by atoms with Crippen molar-refractivity contribution in [2.75, 3.05) is 19.6 Å². The van der Waals surface area contributed by atoms with Crippen molar-refractivity contribution < 1.29 is 44.1 Å². The maximum Gasteiger partial charge on any atom is 0.373 e. The Kier molecular flexibility index (Phi) is 11.0. The molecule has 9 nitrogen and oxygen atoms in total. The van der Waals surface area contributed by atoms with Crippen LogP contribution >= 0.6 is 0 Å². The van der Waals surface area contributed by atoms with Gasteiger partial charge in [-0.15, -0.1) is 0 Å². The van der Waals surface area contributed by atoms with Crippen LogP contribution in [0, 0.1) is 0 Å². The maximum absolute atomic E-state index is 14.0. The number of likely N-dealkylation sites (N-methyl/N-ethyl adjacent to an activating group) is 3. The van der Waals surface area contributed by atoms with Gasteiger partial charge in [0.05, 0.1) is 55.9 Å². The summed E-state index contributed by atoms with van der Waals surface area (Å²) in [5, 5.41) is 76.8. The Morgan fingerprint density at radius 2 is 0.667 bits per heavy atom. The zero-order valence-electron chi connectivity index (χ0n) is 27.8. The van der Waals surface area contributed by atoms with Gasteiger partial charge in [0.15, 0.2) is 12.2 Å². The van der Waals surface area contributed by atoms with Crippen molar-refractivity contribution in [1.82, 2.24) is 0 Å². The van der Waals surface area contributed by atoms with Crippen LogP contribution in [0.25, 0.3) is 0 Å². The van der Waals surface area contributed by atoms with Crippen molar-refractivity contribution >= 4 is 0 Å². The molecular formula is C30H66N3O6+3. The second-order valence-corrected chi connectivity index (χ2v) is 13.8. The molecule has 234 valence electrons. The Morgan fingerprint density at radius 1 is 0.462 bits per heavy atom. The van der Waals surface area contributed by atoms with Crippen LogP contribution in [0.15, 0.2) is 0 Å². The quantitative estimate of drug-likeness (QED) is 0.160. The zero-order chi connectivity index (χ0) is 31.3. The van der Waals surface area contributed by atoms with Gasteiger partial charge in [-0.2, -0.15) is 0 Å². The van der Waals surface area contributed by atoms with E-state index in [1.807, 2.05) is 104 Å². The average molecular weight is 565 g/mol. The Balaban J connectivity index is 4.92. The van der Waals surface area contributed by atoms with Crippen molar-refractivity contribution in [3.8, 4) is 0 Å². The highest BCUT2D eigenvalue weighted by Gasteiger charge is 2.95. The van der Waals surface area contributed by atoms with Gasteiger partial charge in [0.25, 0.3) is 0 Å². The number of rotatable bonds is 12. The molecule has 0 radical (unpaired) electrons. The lowest BCUT2D eigenvalue weighted by molar-refractivity contribution is -1.17. The van der Waals surface area contributed by atoms with Gasteiger partial charge in [0, 0.05) is 0 Å². The van der Waals surface area contributed by atoms with Gasteiger partial charge in [0.1, 0.15) is 6.10 Å². The molecule has 1 aliphatic carbocycles. The Morgan fingerprint density at radius 3 is 0.821 bits per heavy atom. The second kappa shape index (κ2) is 11.7. The van der Waals surface area contributed by atoms with E-state index in [-0.39, 0.29) is 49.7 Å². The summed E-state index contributed by atoms with van der Waals surface area (Å²) in [4.78, 5) is 0. The molecule has 6 N–H and O–H groups in total. The SMILES string of the molecule is CC[N+](C(C)C)(C(C)C)C1(O)[C@](O)([N+](CC)(C(C)C)C(C)C)[C@H](O)C(O)[C@H](O)[C@@]1(O)[N+](CC)(C(C)C)C(C)C. The number of hydrogen-bond acceptors (Lipinski definition) is 6. The van der Waals surface area contributed by atoms with E-state index in [0.29, 0.717) is 19.6 Å². The minimum atomic E-state index is -2.55. The van der Waals surface area contributed by atoms with Crippen molar-refractivity contribution in [2.45, 2.75) is 176 Å². The largest absolute Gasteiger partial charge is 0.387 e. The zero-order valence-corrected chi connectivity index (χ0v) is 27.8.